The van der Waals surface area contributed by atoms with Gasteiger partial charge in [-0.05, 0) is 30.9 Å². The molecule has 0 radical (unpaired) electrons. The van der Waals surface area contributed by atoms with Crippen molar-refractivity contribution in [2.24, 2.45) is 5.92 Å². The topological polar surface area (TPSA) is 50.4 Å². The molecule has 0 fully saturated rings. The molecular formula is C14H16O3. The van der Waals surface area contributed by atoms with Crippen molar-refractivity contribution in [1.82, 2.24) is 0 Å². The molecule has 3 heteroatoms. The lowest BCUT2D eigenvalue weighted by Crippen LogP contribution is -2.09. The van der Waals surface area contributed by atoms with E-state index in [4.69, 9.17) is 4.42 Å². The number of aromatic hydroxyl groups is 1. The maximum absolute atomic E-state index is 11.7. The summed E-state index contributed by atoms with van der Waals surface area (Å²) in [6, 6.07) is 7.03. The molecule has 0 spiro atoms. The van der Waals surface area contributed by atoms with Gasteiger partial charge in [-0.2, -0.15) is 0 Å². The van der Waals surface area contributed by atoms with Gasteiger partial charge in [-0.1, -0.05) is 26.0 Å². The van der Waals surface area contributed by atoms with Crippen LogP contribution < -0.4 is 5.63 Å². The molecule has 2 rings (SSSR count). The van der Waals surface area contributed by atoms with Gasteiger partial charge in [-0.25, -0.2) is 4.79 Å². The Labute approximate surface area is 99.7 Å². The van der Waals surface area contributed by atoms with Crippen LogP contribution in [-0.4, -0.2) is 5.11 Å². The summed E-state index contributed by atoms with van der Waals surface area (Å²) >= 11 is 0. The molecule has 0 aliphatic carbocycles. The average molecular weight is 232 g/mol. The zero-order chi connectivity index (χ0) is 12.4. The molecular weight excluding hydrogens is 216 g/mol. The molecule has 2 aromatic rings. The molecule has 0 saturated heterocycles. The van der Waals surface area contributed by atoms with E-state index in [1.54, 1.807) is 18.2 Å². The Morgan fingerprint density at radius 3 is 2.71 bits per heavy atom. The Morgan fingerprint density at radius 1 is 1.29 bits per heavy atom. The molecule has 90 valence electrons. The molecule has 0 unspecified atom stereocenters. The lowest BCUT2D eigenvalue weighted by Gasteiger charge is -2.07. The maximum atomic E-state index is 11.7. The van der Waals surface area contributed by atoms with E-state index >= 15 is 0 Å². The maximum Gasteiger partial charge on any atom is 0.343 e. The van der Waals surface area contributed by atoms with Crippen LogP contribution in [0.5, 0.6) is 5.75 Å². The minimum Gasteiger partial charge on any atom is -0.507 e. The van der Waals surface area contributed by atoms with Crippen molar-refractivity contribution >= 4 is 11.0 Å². The molecule has 0 saturated carbocycles. The Balaban J connectivity index is 2.52. The van der Waals surface area contributed by atoms with E-state index in [0.29, 0.717) is 28.9 Å². The Bertz CT molecular complexity index is 582. The Kier molecular flexibility index (Phi) is 3.18. The van der Waals surface area contributed by atoms with Crippen LogP contribution in [0.4, 0.5) is 0 Å². The van der Waals surface area contributed by atoms with Gasteiger partial charge in [-0.15, -0.1) is 0 Å². The summed E-state index contributed by atoms with van der Waals surface area (Å²) in [7, 11) is 0. The van der Waals surface area contributed by atoms with Crippen LogP contribution in [0.2, 0.25) is 0 Å². The quantitative estimate of drug-likeness (QED) is 0.827. The summed E-state index contributed by atoms with van der Waals surface area (Å²) in [5, 5.41) is 10.7. The van der Waals surface area contributed by atoms with Crippen molar-refractivity contribution in [3.05, 3.63) is 40.2 Å². The van der Waals surface area contributed by atoms with Crippen LogP contribution in [0.1, 0.15) is 25.8 Å². The first-order valence-electron chi connectivity index (χ1n) is 5.83. The number of hydrogen-bond acceptors (Lipinski definition) is 3. The third kappa shape index (κ3) is 2.33. The molecule has 0 aliphatic rings. The van der Waals surface area contributed by atoms with Gasteiger partial charge in [0.25, 0.3) is 0 Å². The Hall–Kier alpha value is -1.77. The molecule has 3 nitrogen and oxygen atoms in total. The summed E-state index contributed by atoms with van der Waals surface area (Å²) in [5.41, 5.74) is 0.391. The second kappa shape index (κ2) is 4.62. The van der Waals surface area contributed by atoms with Gasteiger partial charge in [0.2, 0.25) is 0 Å². The SMILES string of the molecule is CC(C)CCc1c(O)c2ccccc2oc1=O. The Morgan fingerprint density at radius 2 is 2.00 bits per heavy atom. The number of para-hydroxylation sites is 1. The molecule has 0 atom stereocenters. The lowest BCUT2D eigenvalue weighted by atomic mass is 10.0. The molecule has 1 heterocycles. The first kappa shape index (κ1) is 11.7. The van der Waals surface area contributed by atoms with E-state index in [1.165, 1.54) is 0 Å². The van der Waals surface area contributed by atoms with Crippen molar-refractivity contribution in [1.29, 1.82) is 0 Å². The van der Waals surface area contributed by atoms with Crippen LogP contribution in [0.25, 0.3) is 11.0 Å². The molecule has 0 amide bonds. The van der Waals surface area contributed by atoms with Gasteiger partial charge in [0.15, 0.2) is 0 Å². The normalized spacial score (nSPS) is 11.2. The van der Waals surface area contributed by atoms with Crippen molar-refractivity contribution in [2.45, 2.75) is 26.7 Å². The highest BCUT2D eigenvalue weighted by molar-refractivity contribution is 5.83. The predicted molar refractivity (Wildman–Crippen MR) is 67.3 cm³/mol. The predicted octanol–water partition coefficient (Wildman–Crippen LogP) is 3.09. The summed E-state index contributed by atoms with van der Waals surface area (Å²) < 4.78 is 5.19. The van der Waals surface area contributed by atoms with Gasteiger partial charge < -0.3 is 9.52 Å². The molecule has 0 aliphatic heterocycles. The minimum absolute atomic E-state index is 0.0671. The van der Waals surface area contributed by atoms with Crippen LogP contribution >= 0.6 is 0 Å². The summed E-state index contributed by atoms with van der Waals surface area (Å²) in [4.78, 5) is 11.7. The first-order chi connectivity index (χ1) is 8.09. The fourth-order valence-corrected chi connectivity index (χ4v) is 1.83. The van der Waals surface area contributed by atoms with Gasteiger partial charge in [0.1, 0.15) is 11.3 Å². The zero-order valence-corrected chi connectivity index (χ0v) is 10.1. The summed E-state index contributed by atoms with van der Waals surface area (Å²) in [6.07, 6.45) is 1.41. The third-order valence-corrected chi connectivity index (χ3v) is 2.85. The first-order valence-corrected chi connectivity index (χ1v) is 5.83. The zero-order valence-electron chi connectivity index (χ0n) is 10.1. The van der Waals surface area contributed by atoms with Crippen LogP contribution in [-0.2, 0) is 6.42 Å². The largest absolute Gasteiger partial charge is 0.507 e. The van der Waals surface area contributed by atoms with E-state index in [-0.39, 0.29) is 5.75 Å². The highest BCUT2D eigenvalue weighted by Gasteiger charge is 2.13. The molecule has 17 heavy (non-hydrogen) atoms. The fraction of sp³-hybridized carbons (Fsp3) is 0.357. The van der Waals surface area contributed by atoms with Gasteiger partial charge in [-0.3, -0.25) is 0 Å². The van der Waals surface area contributed by atoms with Gasteiger partial charge in [0, 0.05) is 0 Å². The van der Waals surface area contributed by atoms with Crippen molar-refractivity contribution in [3.8, 4) is 5.75 Å². The van der Waals surface area contributed by atoms with Crippen LogP contribution in [0, 0.1) is 5.92 Å². The van der Waals surface area contributed by atoms with Gasteiger partial charge in [0.05, 0.1) is 10.9 Å². The number of benzene rings is 1. The molecule has 1 aromatic carbocycles. The molecule has 1 aromatic heterocycles. The monoisotopic (exact) mass is 232 g/mol. The lowest BCUT2D eigenvalue weighted by molar-refractivity contribution is 0.450. The van der Waals surface area contributed by atoms with Crippen molar-refractivity contribution in [2.75, 3.05) is 0 Å². The second-order valence-electron chi connectivity index (χ2n) is 4.65. The number of rotatable bonds is 3. The van der Waals surface area contributed by atoms with Crippen molar-refractivity contribution in [3.63, 3.8) is 0 Å². The highest BCUT2D eigenvalue weighted by Crippen LogP contribution is 2.27. The van der Waals surface area contributed by atoms with E-state index < -0.39 is 5.63 Å². The average Bonchev–Trinajstić information content (AvgIpc) is 2.28. The van der Waals surface area contributed by atoms with E-state index in [0.717, 1.165) is 6.42 Å². The fourth-order valence-electron chi connectivity index (χ4n) is 1.83. The van der Waals surface area contributed by atoms with E-state index in [9.17, 15) is 9.90 Å². The smallest absolute Gasteiger partial charge is 0.343 e. The van der Waals surface area contributed by atoms with E-state index in [2.05, 4.69) is 13.8 Å². The highest BCUT2D eigenvalue weighted by atomic mass is 16.4. The molecule has 0 bridgehead atoms. The standard InChI is InChI=1S/C14H16O3/c1-9(2)7-8-11-13(15)10-5-3-4-6-12(10)17-14(11)16/h3-6,9,15H,7-8H2,1-2H3. The number of hydrogen-bond donors (Lipinski definition) is 1. The minimum atomic E-state index is -0.429. The number of fused-ring (bicyclic) bond motifs is 1. The van der Waals surface area contributed by atoms with E-state index in [1.807, 2.05) is 6.07 Å². The third-order valence-electron chi connectivity index (χ3n) is 2.85. The summed E-state index contributed by atoms with van der Waals surface area (Å²) in [6.45, 7) is 4.17. The molecule has 1 N–H and O–H groups in total. The van der Waals surface area contributed by atoms with Crippen LogP contribution in [0.3, 0.4) is 0 Å². The van der Waals surface area contributed by atoms with Crippen LogP contribution in [0.15, 0.2) is 33.5 Å². The van der Waals surface area contributed by atoms with Gasteiger partial charge >= 0.3 is 5.63 Å². The summed E-state index contributed by atoms with van der Waals surface area (Å²) in [5.74, 6) is 0.553. The van der Waals surface area contributed by atoms with Crippen molar-refractivity contribution < 1.29 is 9.52 Å². The second-order valence-corrected chi connectivity index (χ2v) is 4.65.